The van der Waals surface area contributed by atoms with Gasteiger partial charge in [-0.1, -0.05) is 18.2 Å². The lowest BCUT2D eigenvalue weighted by Crippen LogP contribution is -2.16. The van der Waals surface area contributed by atoms with Crippen LogP contribution in [0.4, 0.5) is 5.69 Å². The first-order chi connectivity index (χ1) is 12.2. The normalized spacial score (nSPS) is 12.4. The van der Waals surface area contributed by atoms with Crippen LogP contribution >= 0.6 is 0 Å². The summed E-state index contributed by atoms with van der Waals surface area (Å²) in [5.41, 5.74) is 2.64. The summed E-state index contributed by atoms with van der Waals surface area (Å²) < 4.78 is 10.6. The van der Waals surface area contributed by atoms with Crippen LogP contribution in [0.25, 0.3) is 0 Å². The molecule has 2 N–H and O–H groups in total. The van der Waals surface area contributed by atoms with Crippen LogP contribution < -0.4 is 20.1 Å². The Bertz CT molecular complexity index is 868. The van der Waals surface area contributed by atoms with E-state index in [-0.39, 0.29) is 12.4 Å². The molecule has 6 heteroatoms. The van der Waals surface area contributed by atoms with Crippen molar-refractivity contribution >= 4 is 11.6 Å². The molecule has 0 unspecified atom stereocenters. The van der Waals surface area contributed by atoms with Gasteiger partial charge in [0.25, 0.3) is 5.91 Å². The van der Waals surface area contributed by atoms with E-state index in [1.807, 2.05) is 49.4 Å². The molecule has 1 amide bonds. The quantitative estimate of drug-likeness (QED) is 0.648. The number of benzene rings is 2. The van der Waals surface area contributed by atoms with E-state index in [4.69, 9.17) is 9.47 Å². The Kier molecular flexibility index (Phi) is 4.86. The number of hydrogen-bond donors (Lipinski definition) is 2. The molecular weight excluding hydrogens is 318 g/mol. The van der Waals surface area contributed by atoms with E-state index in [1.165, 1.54) is 6.20 Å². The molecule has 6 nitrogen and oxygen atoms in total. The van der Waals surface area contributed by atoms with Gasteiger partial charge in [-0.15, -0.1) is 0 Å². The van der Waals surface area contributed by atoms with Crippen molar-refractivity contribution in [2.75, 3.05) is 12.1 Å². The van der Waals surface area contributed by atoms with Crippen molar-refractivity contribution in [3.63, 3.8) is 0 Å². The highest BCUT2D eigenvalue weighted by Crippen LogP contribution is 2.32. The van der Waals surface area contributed by atoms with Gasteiger partial charge in [-0.25, -0.2) is 0 Å². The SMILES string of the molecule is Cc1cccc(NC(=O)/C(C#N)=C\NCc2ccc3c(c2)OCO3)c1. The lowest BCUT2D eigenvalue weighted by Gasteiger charge is -2.06. The Hall–Kier alpha value is -3.46. The molecule has 3 rings (SSSR count). The van der Waals surface area contributed by atoms with Crippen LogP contribution in [-0.2, 0) is 11.3 Å². The number of amides is 1. The van der Waals surface area contributed by atoms with Gasteiger partial charge in [0.2, 0.25) is 6.79 Å². The average molecular weight is 335 g/mol. The van der Waals surface area contributed by atoms with E-state index >= 15 is 0 Å². The first-order valence-corrected chi connectivity index (χ1v) is 7.76. The second-order valence-electron chi connectivity index (χ2n) is 5.56. The molecule has 2 aromatic rings. The molecule has 0 fully saturated rings. The molecule has 1 heterocycles. The minimum absolute atomic E-state index is 0.00208. The third-order valence-corrected chi connectivity index (χ3v) is 3.63. The van der Waals surface area contributed by atoms with E-state index in [0.29, 0.717) is 18.0 Å². The average Bonchev–Trinajstić information content (AvgIpc) is 3.06. The van der Waals surface area contributed by atoms with Crippen molar-refractivity contribution in [2.24, 2.45) is 0 Å². The van der Waals surface area contributed by atoms with Crippen molar-refractivity contribution in [3.8, 4) is 17.6 Å². The molecule has 1 aliphatic heterocycles. The Morgan fingerprint density at radius 3 is 2.88 bits per heavy atom. The van der Waals surface area contributed by atoms with E-state index in [2.05, 4.69) is 10.6 Å². The smallest absolute Gasteiger partial charge is 0.267 e. The molecule has 0 atom stereocenters. The first-order valence-electron chi connectivity index (χ1n) is 7.76. The molecule has 0 aliphatic carbocycles. The summed E-state index contributed by atoms with van der Waals surface area (Å²) in [6.45, 7) is 2.62. The largest absolute Gasteiger partial charge is 0.454 e. The highest BCUT2D eigenvalue weighted by Gasteiger charge is 2.13. The summed E-state index contributed by atoms with van der Waals surface area (Å²) in [6, 6.07) is 14.9. The van der Waals surface area contributed by atoms with E-state index in [0.717, 1.165) is 16.9 Å². The van der Waals surface area contributed by atoms with Crippen molar-refractivity contribution in [2.45, 2.75) is 13.5 Å². The number of fused-ring (bicyclic) bond motifs is 1. The zero-order valence-corrected chi connectivity index (χ0v) is 13.7. The van der Waals surface area contributed by atoms with Gasteiger partial charge < -0.3 is 20.1 Å². The number of hydrogen-bond acceptors (Lipinski definition) is 5. The predicted octanol–water partition coefficient (Wildman–Crippen LogP) is 2.86. The van der Waals surface area contributed by atoms with Crippen LogP contribution in [0.3, 0.4) is 0 Å². The fraction of sp³-hybridized carbons (Fsp3) is 0.158. The Morgan fingerprint density at radius 1 is 1.24 bits per heavy atom. The number of aryl methyl sites for hydroxylation is 1. The molecule has 25 heavy (non-hydrogen) atoms. The maximum absolute atomic E-state index is 12.2. The van der Waals surface area contributed by atoms with Crippen LogP contribution in [0.2, 0.25) is 0 Å². The third-order valence-electron chi connectivity index (χ3n) is 3.63. The number of carbonyl (C=O) groups is 1. The van der Waals surface area contributed by atoms with Gasteiger partial charge in [0.1, 0.15) is 11.6 Å². The number of ether oxygens (including phenoxy) is 2. The minimum Gasteiger partial charge on any atom is -0.454 e. The number of anilines is 1. The Balaban J connectivity index is 1.60. The maximum Gasteiger partial charge on any atom is 0.267 e. The molecule has 0 aromatic heterocycles. The van der Waals surface area contributed by atoms with Crippen LogP contribution in [0.5, 0.6) is 11.5 Å². The first kappa shape index (κ1) is 16.4. The fourth-order valence-corrected chi connectivity index (χ4v) is 2.39. The predicted molar refractivity (Wildman–Crippen MR) is 92.9 cm³/mol. The summed E-state index contributed by atoms with van der Waals surface area (Å²) >= 11 is 0. The number of nitriles is 1. The van der Waals surface area contributed by atoms with Gasteiger partial charge in [0.05, 0.1) is 0 Å². The molecule has 1 aliphatic rings. The van der Waals surface area contributed by atoms with Gasteiger partial charge in [0.15, 0.2) is 11.5 Å². The molecule has 0 radical (unpaired) electrons. The van der Waals surface area contributed by atoms with E-state index in [1.54, 1.807) is 6.07 Å². The van der Waals surface area contributed by atoms with E-state index in [9.17, 15) is 10.1 Å². The van der Waals surface area contributed by atoms with Gasteiger partial charge in [-0.05, 0) is 42.3 Å². The molecule has 2 aromatic carbocycles. The zero-order valence-electron chi connectivity index (χ0n) is 13.7. The second kappa shape index (κ2) is 7.41. The summed E-state index contributed by atoms with van der Waals surface area (Å²) in [5, 5.41) is 14.9. The summed E-state index contributed by atoms with van der Waals surface area (Å²) in [5.74, 6) is 0.960. The second-order valence-corrected chi connectivity index (χ2v) is 5.56. The van der Waals surface area contributed by atoms with Gasteiger partial charge in [-0.3, -0.25) is 4.79 Å². The zero-order chi connectivity index (χ0) is 17.6. The number of carbonyl (C=O) groups excluding carboxylic acids is 1. The van der Waals surface area contributed by atoms with Crippen LogP contribution in [0.1, 0.15) is 11.1 Å². The Labute approximate surface area is 145 Å². The molecule has 0 spiro atoms. The lowest BCUT2D eigenvalue weighted by atomic mass is 10.2. The number of rotatable bonds is 5. The maximum atomic E-state index is 12.2. The van der Waals surface area contributed by atoms with Crippen LogP contribution in [0.15, 0.2) is 54.2 Å². The number of nitrogens with one attached hydrogen (secondary N) is 2. The lowest BCUT2D eigenvalue weighted by molar-refractivity contribution is -0.112. The van der Waals surface area contributed by atoms with Crippen molar-refractivity contribution in [1.82, 2.24) is 5.32 Å². The van der Waals surface area contributed by atoms with Crippen molar-refractivity contribution in [3.05, 3.63) is 65.4 Å². The highest BCUT2D eigenvalue weighted by atomic mass is 16.7. The molecule has 126 valence electrons. The van der Waals surface area contributed by atoms with Crippen molar-refractivity contribution in [1.29, 1.82) is 5.26 Å². The summed E-state index contributed by atoms with van der Waals surface area (Å²) in [7, 11) is 0. The van der Waals surface area contributed by atoms with Crippen LogP contribution in [-0.4, -0.2) is 12.7 Å². The molecule has 0 saturated carbocycles. The highest BCUT2D eigenvalue weighted by molar-refractivity contribution is 6.06. The van der Waals surface area contributed by atoms with E-state index < -0.39 is 5.91 Å². The van der Waals surface area contributed by atoms with Crippen molar-refractivity contribution < 1.29 is 14.3 Å². The topological polar surface area (TPSA) is 83.4 Å². The minimum atomic E-state index is -0.453. The molecule has 0 saturated heterocycles. The Morgan fingerprint density at radius 2 is 2.08 bits per heavy atom. The summed E-state index contributed by atoms with van der Waals surface area (Å²) in [6.07, 6.45) is 1.41. The van der Waals surface area contributed by atoms with Gasteiger partial charge in [0, 0.05) is 18.4 Å². The number of nitrogens with zero attached hydrogens (tertiary/aromatic N) is 1. The van der Waals surface area contributed by atoms with Gasteiger partial charge in [-0.2, -0.15) is 5.26 Å². The van der Waals surface area contributed by atoms with Gasteiger partial charge >= 0.3 is 0 Å². The fourth-order valence-electron chi connectivity index (χ4n) is 2.39. The monoisotopic (exact) mass is 335 g/mol. The third kappa shape index (κ3) is 4.09. The van der Waals surface area contributed by atoms with Crippen LogP contribution in [0, 0.1) is 18.3 Å². The molecular formula is C19H17N3O3. The standard InChI is InChI=1S/C19H17N3O3/c1-13-3-2-4-16(7-13)22-19(23)15(9-20)11-21-10-14-5-6-17-18(8-14)25-12-24-17/h2-8,11,21H,10,12H2,1H3,(H,22,23)/b15-11-. The molecule has 0 bridgehead atoms. The summed E-state index contributed by atoms with van der Waals surface area (Å²) in [4.78, 5) is 12.2.